The van der Waals surface area contributed by atoms with E-state index in [1.54, 1.807) is 0 Å². The number of nitrogens with one attached hydrogen (secondary N) is 1. The molecule has 0 spiro atoms. The number of benzene rings is 1. The molecule has 21 heavy (non-hydrogen) atoms. The fourth-order valence-corrected chi connectivity index (χ4v) is 2.70. The first-order chi connectivity index (χ1) is 10.2. The van der Waals surface area contributed by atoms with Gasteiger partial charge in [-0.3, -0.25) is 4.79 Å². The summed E-state index contributed by atoms with van der Waals surface area (Å²) in [5.41, 5.74) is 3.77. The van der Waals surface area contributed by atoms with E-state index < -0.39 is 0 Å². The van der Waals surface area contributed by atoms with Gasteiger partial charge in [-0.2, -0.15) is 0 Å². The van der Waals surface area contributed by atoms with Gasteiger partial charge in [0.05, 0.1) is 0 Å². The summed E-state index contributed by atoms with van der Waals surface area (Å²) in [6.45, 7) is 4.96. The number of carbonyl (C=O) groups excluding carboxylic acids is 1. The zero-order valence-electron chi connectivity index (χ0n) is 12.9. The molecule has 1 saturated heterocycles. The molecule has 4 heteroatoms. The number of aliphatic hydroxyl groups is 1. The van der Waals surface area contributed by atoms with Crippen LogP contribution in [0.4, 0.5) is 5.69 Å². The molecule has 1 aromatic rings. The maximum absolute atomic E-state index is 11.4. The maximum atomic E-state index is 11.4. The Morgan fingerprint density at radius 2 is 2.14 bits per heavy atom. The Bertz CT molecular complexity index is 538. The number of unbranched alkanes of at least 4 members (excludes halogenated alkanes) is 1. The quantitative estimate of drug-likeness (QED) is 0.818. The molecule has 1 aromatic carbocycles. The van der Waals surface area contributed by atoms with Crippen LogP contribution < -0.4 is 10.2 Å². The first kappa shape index (κ1) is 15.4. The van der Waals surface area contributed by atoms with Gasteiger partial charge in [-0.05, 0) is 42.5 Å². The average molecular weight is 288 g/mol. The normalized spacial score (nSPS) is 17.1. The fourth-order valence-electron chi connectivity index (χ4n) is 2.70. The van der Waals surface area contributed by atoms with Crippen molar-refractivity contribution in [3.63, 3.8) is 0 Å². The molecule has 4 nitrogen and oxygen atoms in total. The minimum atomic E-state index is -0.0528. The second-order valence-electron chi connectivity index (χ2n) is 5.37. The van der Waals surface area contributed by atoms with E-state index in [-0.39, 0.29) is 5.91 Å². The summed E-state index contributed by atoms with van der Waals surface area (Å²) in [6.07, 6.45) is 5.86. The Hall–Kier alpha value is -1.97. The summed E-state index contributed by atoms with van der Waals surface area (Å²) in [5, 5.41) is 12.0. The highest BCUT2D eigenvalue weighted by Gasteiger charge is 2.21. The molecule has 1 fully saturated rings. The number of hydrogen-bond donors (Lipinski definition) is 2. The Morgan fingerprint density at radius 3 is 2.81 bits per heavy atom. The van der Waals surface area contributed by atoms with Gasteiger partial charge in [0.2, 0.25) is 5.91 Å². The van der Waals surface area contributed by atoms with Crippen molar-refractivity contribution in [1.82, 2.24) is 5.32 Å². The first-order valence-corrected chi connectivity index (χ1v) is 7.73. The summed E-state index contributed by atoms with van der Waals surface area (Å²) in [6, 6.07) is 6.41. The number of amides is 1. The molecule has 2 rings (SSSR count). The standard InChI is InChI=1S/C17H24N2O2/c1-3-5-6-14-11-15(8-7-13(14)4-2)19-10-9-17(21)18-16(19)12-20/h7-8,11-12,20H,3-6,9-10H2,1-2H3,(H,18,21). The minimum absolute atomic E-state index is 0.0528. The zero-order chi connectivity index (χ0) is 15.2. The van der Waals surface area contributed by atoms with E-state index >= 15 is 0 Å². The number of aliphatic hydroxyl groups excluding tert-OH is 1. The lowest BCUT2D eigenvalue weighted by atomic mass is 9.99. The predicted octanol–water partition coefficient (Wildman–Crippen LogP) is 3.27. The van der Waals surface area contributed by atoms with Crippen molar-refractivity contribution in [3.8, 4) is 0 Å². The van der Waals surface area contributed by atoms with Crippen LogP contribution in [0, 0.1) is 0 Å². The monoisotopic (exact) mass is 288 g/mol. The number of rotatable bonds is 5. The Labute approximate surface area is 126 Å². The minimum Gasteiger partial charge on any atom is -0.512 e. The molecule has 0 unspecified atom stereocenters. The smallest absolute Gasteiger partial charge is 0.227 e. The van der Waals surface area contributed by atoms with Gasteiger partial charge in [0, 0.05) is 18.7 Å². The van der Waals surface area contributed by atoms with Gasteiger partial charge in [0.15, 0.2) is 0 Å². The van der Waals surface area contributed by atoms with E-state index in [1.807, 2.05) is 4.90 Å². The largest absolute Gasteiger partial charge is 0.512 e. The van der Waals surface area contributed by atoms with Gasteiger partial charge in [-0.1, -0.05) is 26.3 Å². The molecule has 1 aliphatic rings. The summed E-state index contributed by atoms with van der Waals surface area (Å²) in [5.74, 6) is 0.403. The lowest BCUT2D eigenvalue weighted by Crippen LogP contribution is -2.43. The Morgan fingerprint density at radius 1 is 1.33 bits per heavy atom. The molecule has 0 radical (unpaired) electrons. The van der Waals surface area contributed by atoms with Crippen LogP contribution in [0.25, 0.3) is 0 Å². The van der Waals surface area contributed by atoms with Crippen LogP contribution in [0.15, 0.2) is 30.3 Å². The summed E-state index contributed by atoms with van der Waals surface area (Å²) >= 11 is 0. The van der Waals surface area contributed by atoms with Gasteiger partial charge in [0.25, 0.3) is 0 Å². The molecule has 114 valence electrons. The van der Waals surface area contributed by atoms with Crippen LogP contribution in [-0.2, 0) is 17.6 Å². The van der Waals surface area contributed by atoms with Gasteiger partial charge >= 0.3 is 0 Å². The SMILES string of the molecule is CCCCc1cc(N2CCC(=O)NC2=CO)ccc1CC. The third-order valence-electron chi connectivity index (χ3n) is 3.93. The predicted molar refractivity (Wildman–Crippen MR) is 85.2 cm³/mol. The Balaban J connectivity index is 2.28. The van der Waals surface area contributed by atoms with Crippen molar-refractivity contribution < 1.29 is 9.90 Å². The van der Waals surface area contributed by atoms with Crippen molar-refractivity contribution in [3.05, 3.63) is 41.4 Å². The number of anilines is 1. The highest BCUT2D eigenvalue weighted by atomic mass is 16.2. The van der Waals surface area contributed by atoms with Crippen LogP contribution in [-0.4, -0.2) is 17.6 Å². The summed E-state index contributed by atoms with van der Waals surface area (Å²) in [7, 11) is 0. The summed E-state index contributed by atoms with van der Waals surface area (Å²) in [4.78, 5) is 13.4. The first-order valence-electron chi connectivity index (χ1n) is 7.73. The zero-order valence-corrected chi connectivity index (χ0v) is 12.9. The van der Waals surface area contributed by atoms with Crippen LogP contribution in [0.3, 0.4) is 0 Å². The summed E-state index contributed by atoms with van der Waals surface area (Å²) < 4.78 is 0. The molecule has 0 bridgehead atoms. The van der Waals surface area contributed by atoms with Crippen molar-refractivity contribution >= 4 is 11.6 Å². The van der Waals surface area contributed by atoms with Crippen LogP contribution in [0.2, 0.25) is 0 Å². The van der Waals surface area contributed by atoms with Crippen LogP contribution in [0.5, 0.6) is 0 Å². The highest BCUT2D eigenvalue weighted by molar-refractivity contribution is 5.81. The second kappa shape index (κ2) is 7.16. The fraction of sp³-hybridized carbons (Fsp3) is 0.471. The molecule has 2 N–H and O–H groups in total. The third-order valence-corrected chi connectivity index (χ3v) is 3.93. The van der Waals surface area contributed by atoms with Gasteiger partial charge in [-0.25, -0.2) is 0 Å². The number of carbonyl (C=O) groups is 1. The van der Waals surface area contributed by atoms with E-state index in [0.29, 0.717) is 18.8 Å². The lowest BCUT2D eigenvalue weighted by molar-refractivity contribution is -0.120. The molecular weight excluding hydrogens is 264 g/mol. The Kier molecular flexibility index (Phi) is 5.26. The molecule has 1 amide bonds. The van der Waals surface area contributed by atoms with E-state index in [4.69, 9.17) is 0 Å². The van der Waals surface area contributed by atoms with E-state index in [0.717, 1.165) is 24.8 Å². The van der Waals surface area contributed by atoms with Crippen LogP contribution >= 0.6 is 0 Å². The number of nitrogens with zero attached hydrogens (tertiary/aromatic N) is 1. The molecule has 1 heterocycles. The van der Waals surface area contributed by atoms with Gasteiger partial charge < -0.3 is 15.3 Å². The number of aryl methyl sites for hydroxylation is 2. The molecule has 0 atom stereocenters. The molecule has 0 saturated carbocycles. The molecule has 0 aliphatic carbocycles. The topological polar surface area (TPSA) is 52.6 Å². The molecular formula is C17H24N2O2. The number of hydrogen-bond acceptors (Lipinski definition) is 3. The molecule has 1 aliphatic heterocycles. The van der Waals surface area contributed by atoms with E-state index in [9.17, 15) is 9.90 Å². The maximum Gasteiger partial charge on any atom is 0.227 e. The van der Waals surface area contributed by atoms with Crippen molar-refractivity contribution in [2.45, 2.75) is 46.0 Å². The van der Waals surface area contributed by atoms with E-state index in [2.05, 4.69) is 37.4 Å². The van der Waals surface area contributed by atoms with Crippen molar-refractivity contribution in [1.29, 1.82) is 0 Å². The van der Waals surface area contributed by atoms with Gasteiger partial charge in [0.1, 0.15) is 12.1 Å². The van der Waals surface area contributed by atoms with Crippen molar-refractivity contribution in [2.75, 3.05) is 11.4 Å². The van der Waals surface area contributed by atoms with Crippen molar-refractivity contribution in [2.24, 2.45) is 0 Å². The second-order valence-corrected chi connectivity index (χ2v) is 5.37. The van der Waals surface area contributed by atoms with E-state index in [1.165, 1.54) is 24.0 Å². The third kappa shape index (κ3) is 3.57. The molecule has 0 aromatic heterocycles. The highest BCUT2D eigenvalue weighted by Crippen LogP contribution is 2.25. The van der Waals surface area contributed by atoms with Gasteiger partial charge in [-0.15, -0.1) is 0 Å². The van der Waals surface area contributed by atoms with Crippen LogP contribution in [0.1, 0.15) is 44.2 Å². The lowest BCUT2D eigenvalue weighted by Gasteiger charge is -2.31. The average Bonchev–Trinajstić information content (AvgIpc) is 2.52.